The summed E-state index contributed by atoms with van der Waals surface area (Å²) in [5.41, 5.74) is 0. The van der Waals surface area contributed by atoms with Crippen LogP contribution in [-0.2, 0) is 4.74 Å². The normalized spacial score (nSPS) is 21.9. The third-order valence-electron chi connectivity index (χ3n) is 1.96. The zero-order valence-electron chi connectivity index (χ0n) is 7.72. The van der Waals surface area contributed by atoms with Crippen molar-refractivity contribution >= 4 is 31.9 Å². The fraction of sp³-hybridized carbons (Fsp3) is 0.700. The third-order valence-corrected chi connectivity index (χ3v) is 3.90. The van der Waals surface area contributed by atoms with Crippen molar-refractivity contribution in [3.05, 3.63) is 0 Å². The highest BCUT2D eigenvalue weighted by Crippen LogP contribution is 2.57. The number of halogens is 2. The first-order valence-electron chi connectivity index (χ1n) is 4.45. The highest BCUT2D eigenvalue weighted by atomic mass is 79.9. The van der Waals surface area contributed by atoms with E-state index in [9.17, 15) is 0 Å². The summed E-state index contributed by atoms with van der Waals surface area (Å²) in [6, 6.07) is 2.01. The standard InChI is InChI=1S/C10H11Br2NO/c11-10(12)8-9(10)4-1-2-6-14-7-3-5-13/h9H,3-4,6-8H2. The predicted molar refractivity (Wildman–Crippen MR) is 62.1 cm³/mol. The van der Waals surface area contributed by atoms with E-state index in [1.807, 2.05) is 6.07 Å². The maximum Gasteiger partial charge on any atom is 0.107 e. The van der Waals surface area contributed by atoms with Crippen LogP contribution < -0.4 is 0 Å². The van der Waals surface area contributed by atoms with Crippen molar-refractivity contribution in [2.45, 2.75) is 22.5 Å². The Morgan fingerprint density at radius 3 is 2.71 bits per heavy atom. The van der Waals surface area contributed by atoms with Gasteiger partial charge in [-0.15, -0.1) is 5.92 Å². The van der Waals surface area contributed by atoms with Crippen molar-refractivity contribution in [2.24, 2.45) is 5.92 Å². The van der Waals surface area contributed by atoms with Gasteiger partial charge in [0, 0.05) is 6.42 Å². The predicted octanol–water partition coefficient (Wildman–Crippen LogP) is 2.82. The number of ether oxygens (including phenoxy) is 1. The highest BCUT2D eigenvalue weighted by Gasteiger charge is 2.49. The summed E-state index contributed by atoms with van der Waals surface area (Å²) in [4.78, 5) is 0. The van der Waals surface area contributed by atoms with Crippen LogP contribution in [0.3, 0.4) is 0 Å². The summed E-state index contributed by atoms with van der Waals surface area (Å²) in [7, 11) is 0. The van der Waals surface area contributed by atoms with Crippen LogP contribution in [0.2, 0.25) is 0 Å². The van der Waals surface area contributed by atoms with Crippen LogP contribution in [-0.4, -0.2) is 16.4 Å². The van der Waals surface area contributed by atoms with E-state index in [1.165, 1.54) is 0 Å². The molecule has 0 amide bonds. The first-order valence-corrected chi connectivity index (χ1v) is 6.03. The molecule has 1 atom stereocenters. The maximum atomic E-state index is 8.23. The van der Waals surface area contributed by atoms with Crippen LogP contribution in [0.4, 0.5) is 0 Å². The van der Waals surface area contributed by atoms with Crippen molar-refractivity contribution in [1.29, 1.82) is 5.26 Å². The second-order valence-corrected chi connectivity index (χ2v) is 7.07. The molecule has 0 spiro atoms. The fourth-order valence-corrected chi connectivity index (χ4v) is 2.08. The lowest BCUT2D eigenvalue weighted by Gasteiger charge is -1.93. The molecule has 0 aromatic heterocycles. The quantitative estimate of drug-likeness (QED) is 0.453. The molecule has 14 heavy (non-hydrogen) atoms. The van der Waals surface area contributed by atoms with Crippen LogP contribution in [0.15, 0.2) is 0 Å². The second-order valence-electron chi connectivity index (χ2n) is 3.18. The van der Waals surface area contributed by atoms with Gasteiger partial charge in [-0.1, -0.05) is 37.8 Å². The van der Waals surface area contributed by atoms with Crippen LogP contribution >= 0.6 is 31.9 Å². The number of alkyl halides is 2. The molecule has 0 saturated heterocycles. The van der Waals surface area contributed by atoms with Gasteiger partial charge in [-0.2, -0.15) is 5.26 Å². The fourth-order valence-electron chi connectivity index (χ4n) is 0.978. The van der Waals surface area contributed by atoms with Crippen LogP contribution in [0.25, 0.3) is 0 Å². The van der Waals surface area contributed by atoms with Crippen LogP contribution in [0.5, 0.6) is 0 Å². The smallest absolute Gasteiger partial charge is 0.107 e. The number of hydrogen-bond donors (Lipinski definition) is 0. The van der Waals surface area contributed by atoms with E-state index in [0.29, 0.717) is 25.6 Å². The Hall–Kier alpha value is -0.0300. The summed E-state index contributed by atoms with van der Waals surface area (Å²) in [5, 5.41) is 8.23. The van der Waals surface area contributed by atoms with Crippen LogP contribution in [0, 0.1) is 29.1 Å². The van der Waals surface area contributed by atoms with Gasteiger partial charge in [-0.25, -0.2) is 0 Å². The van der Waals surface area contributed by atoms with E-state index < -0.39 is 0 Å². The molecule has 1 unspecified atom stereocenters. The van der Waals surface area contributed by atoms with E-state index in [4.69, 9.17) is 10.00 Å². The van der Waals surface area contributed by atoms with E-state index in [0.717, 1.165) is 12.8 Å². The first kappa shape index (κ1) is 12.0. The third kappa shape index (κ3) is 4.46. The minimum atomic E-state index is 0.149. The summed E-state index contributed by atoms with van der Waals surface area (Å²) in [5.74, 6) is 6.61. The molecule has 2 nitrogen and oxygen atoms in total. The number of nitrogens with zero attached hydrogens (tertiary/aromatic N) is 1. The van der Waals surface area contributed by atoms with Gasteiger partial charge in [0.25, 0.3) is 0 Å². The molecule has 76 valence electrons. The van der Waals surface area contributed by atoms with Crippen molar-refractivity contribution in [1.82, 2.24) is 0 Å². The van der Waals surface area contributed by atoms with Crippen molar-refractivity contribution in [3.8, 4) is 17.9 Å². The Balaban J connectivity index is 1.97. The topological polar surface area (TPSA) is 33.0 Å². The molecule has 1 aliphatic rings. The molecular weight excluding hydrogens is 310 g/mol. The van der Waals surface area contributed by atoms with E-state index in [1.54, 1.807) is 0 Å². The lowest BCUT2D eigenvalue weighted by Crippen LogP contribution is -1.93. The van der Waals surface area contributed by atoms with Crippen LogP contribution in [0.1, 0.15) is 19.3 Å². The Morgan fingerprint density at radius 2 is 2.14 bits per heavy atom. The lowest BCUT2D eigenvalue weighted by molar-refractivity contribution is 0.173. The minimum absolute atomic E-state index is 0.149. The molecule has 1 saturated carbocycles. The van der Waals surface area contributed by atoms with Crippen molar-refractivity contribution in [3.63, 3.8) is 0 Å². The molecule has 0 heterocycles. The Labute approximate surface area is 101 Å². The van der Waals surface area contributed by atoms with Gasteiger partial charge in [0.05, 0.1) is 22.3 Å². The summed E-state index contributed by atoms with van der Waals surface area (Å²) in [6.45, 7) is 0.918. The molecule has 0 aromatic rings. The van der Waals surface area contributed by atoms with E-state index >= 15 is 0 Å². The molecule has 0 N–H and O–H groups in total. The van der Waals surface area contributed by atoms with Gasteiger partial charge in [-0.05, 0) is 12.3 Å². The van der Waals surface area contributed by atoms with Gasteiger partial charge in [-0.3, -0.25) is 0 Å². The largest absolute Gasteiger partial charge is 0.368 e. The molecule has 1 aliphatic carbocycles. The summed E-state index contributed by atoms with van der Waals surface area (Å²) >= 11 is 7.08. The summed E-state index contributed by atoms with van der Waals surface area (Å²) < 4.78 is 5.26. The first-order chi connectivity index (χ1) is 6.67. The number of nitriles is 1. The molecular formula is C10H11Br2NO. The Morgan fingerprint density at radius 1 is 1.43 bits per heavy atom. The van der Waals surface area contributed by atoms with Gasteiger partial charge < -0.3 is 4.74 Å². The van der Waals surface area contributed by atoms with E-state index in [2.05, 4.69) is 43.7 Å². The molecule has 0 bridgehead atoms. The SMILES string of the molecule is N#CCCOCC#CCC1CC1(Br)Br. The van der Waals surface area contributed by atoms with Gasteiger partial charge in [0.1, 0.15) is 6.61 Å². The average molecular weight is 321 g/mol. The van der Waals surface area contributed by atoms with Gasteiger partial charge in [0.15, 0.2) is 0 Å². The maximum absolute atomic E-state index is 8.23. The molecule has 1 rings (SSSR count). The van der Waals surface area contributed by atoms with Crippen molar-refractivity contribution < 1.29 is 4.74 Å². The number of hydrogen-bond acceptors (Lipinski definition) is 2. The monoisotopic (exact) mass is 319 g/mol. The molecule has 1 fully saturated rings. The van der Waals surface area contributed by atoms with Gasteiger partial charge >= 0.3 is 0 Å². The minimum Gasteiger partial charge on any atom is -0.368 e. The Bertz CT molecular complexity index is 285. The molecule has 0 aromatic carbocycles. The molecule has 0 radical (unpaired) electrons. The number of rotatable bonds is 4. The second kappa shape index (κ2) is 5.75. The molecule has 0 aliphatic heterocycles. The zero-order chi connectivity index (χ0) is 10.4. The average Bonchev–Trinajstić information content (AvgIpc) is 2.73. The zero-order valence-corrected chi connectivity index (χ0v) is 10.9. The van der Waals surface area contributed by atoms with Gasteiger partial charge in [0.2, 0.25) is 0 Å². The lowest BCUT2D eigenvalue weighted by atomic mass is 10.3. The van der Waals surface area contributed by atoms with E-state index in [-0.39, 0.29) is 3.23 Å². The molecule has 4 heteroatoms. The van der Waals surface area contributed by atoms with Crippen molar-refractivity contribution in [2.75, 3.05) is 13.2 Å². The Kier molecular flexibility index (Phi) is 4.95. The summed E-state index contributed by atoms with van der Waals surface area (Å²) in [6.07, 6.45) is 2.48. The highest BCUT2D eigenvalue weighted by molar-refractivity contribution is 9.25.